The Morgan fingerprint density at radius 1 is 1.24 bits per heavy atom. The molecule has 0 spiro atoms. The second-order valence-electron chi connectivity index (χ2n) is 4.23. The summed E-state index contributed by atoms with van der Waals surface area (Å²) in [5.74, 6) is 0. The minimum absolute atomic E-state index is 0.0916. The first-order chi connectivity index (χ1) is 8.16. The first-order valence-corrected chi connectivity index (χ1v) is 8.35. The molecule has 0 N–H and O–H groups in total. The van der Waals surface area contributed by atoms with Crippen molar-refractivity contribution in [2.45, 2.75) is 30.2 Å². The fourth-order valence-electron chi connectivity index (χ4n) is 2.17. The van der Waals surface area contributed by atoms with Gasteiger partial charge in [-0.1, -0.05) is 40.5 Å². The van der Waals surface area contributed by atoms with Crippen molar-refractivity contribution in [3.05, 3.63) is 30.3 Å². The molecule has 1 aliphatic rings. The number of piperidine rings is 1. The lowest BCUT2D eigenvalue weighted by molar-refractivity contribution is 0.273. The van der Waals surface area contributed by atoms with Crippen molar-refractivity contribution in [3.8, 4) is 0 Å². The van der Waals surface area contributed by atoms with Crippen LogP contribution in [0.4, 0.5) is 0 Å². The van der Waals surface area contributed by atoms with Gasteiger partial charge in [0.15, 0.2) is 0 Å². The molecule has 1 saturated heterocycles. The average molecular weight is 318 g/mol. The van der Waals surface area contributed by atoms with E-state index in [-0.39, 0.29) is 6.04 Å². The van der Waals surface area contributed by atoms with Crippen LogP contribution in [-0.2, 0) is 10.0 Å². The quantitative estimate of drug-likeness (QED) is 0.804. The molecule has 1 aliphatic heterocycles. The maximum absolute atomic E-state index is 12.5. The molecule has 0 bridgehead atoms. The number of nitrogens with zero attached hydrogens (tertiary/aromatic N) is 1. The van der Waals surface area contributed by atoms with E-state index in [0.29, 0.717) is 16.8 Å². The van der Waals surface area contributed by atoms with Crippen LogP contribution in [0.25, 0.3) is 0 Å². The van der Waals surface area contributed by atoms with E-state index in [1.807, 2.05) is 6.07 Å². The largest absolute Gasteiger partial charge is 0.243 e. The van der Waals surface area contributed by atoms with E-state index in [1.54, 1.807) is 28.6 Å². The van der Waals surface area contributed by atoms with Gasteiger partial charge in [-0.05, 0) is 25.0 Å². The minimum Gasteiger partial charge on any atom is -0.207 e. The Morgan fingerprint density at radius 2 is 1.94 bits per heavy atom. The van der Waals surface area contributed by atoms with Crippen molar-refractivity contribution in [1.29, 1.82) is 0 Å². The molecular formula is C12H16BrNO2S. The predicted molar refractivity (Wildman–Crippen MR) is 71.8 cm³/mol. The highest BCUT2D eigenvalue weighted by molar-refractivity contribution is 9.09. The van der Waals surface area contributed by atoms with E-state index in [2.05, 4.69) is 15.9 Å². The molecule has 0 aliphatic carbocycles. The fraction of sp³-hybridized carbons (Fsp3) is 0.500. The van der Waals surface area contributed by atoms with Gasteiger partial charge in [0.25, 0.3) is 0 Å². The smallest absolute Gasteiger partial charge is 0.207 e. The third-order valence-electron chi connectivity index (χ3n) is 3.10. The standard InChI is InChI=1S/C12H16BrNO2S/c13-10-11-6-4-5-9-14(11)17(15,16)12-7-2-1-3-8-12/h1-3,7-8,11H,4-6,9-10H2. The molecule has 0 saturated carbocycles. The Morgan fingerprint density at radius 3 is 2.59 bits per heavy atom. The summed E-state index contributed by atoms with van der Waals surface area (Å²) in [6.07, 6.45) is 3.00. The summed E-state index contributed by atoms with van der Waals surface area (Å²) in [5, 5.41) is 0.707. The Hall–Kier alpha value is -0.390. The Bertz CT molecular complexity index is 461. The maximum atomic E-state index is 12.5. The highest BCUT2D eigenvalue weighted by Crippen LogP contribution is 2.26. The second kappa shape index (κ2) is 5.50. The van der Waals surface area contributed by atoms with Crippen LogP contribution < -0.4 is 0 Å². The van der Waals surface area contributed by atoms with E-state index in [4.69, 9.17) is 0 Å². The molecule has 1 aromatic rings. The van der Waals surface area contributed by atoms with Crippen molar-refractivity contribution in [3.63, 3.8) is 0 Å². The molecular weight excluding hydrogens is 302 g/mol. The predicted octanol–water partition coefficient (Wildman–Crippen LogP) is 2.62. The molecule has 17 heavy (non-hydrogen) atoms. The van der Waals surface area contributed by atoms with Crippen LogP contribution in [0.15, 0.2) is 35.2 Å². The summed E-state index contributed by atoms with van der Waals surface area (Å²) >= 11 is 3.41. The molecule has 1 aromatic carbocycles. The van der Waals surface area contributed by atoms with Gasteiger partial charge in [-0.2, -0.15) is 4.31 Å². The number of hydrogen-bond donors (Lipinski definition) is 0. The van der Waals surface area contributed by atoms with Crippen molar-refractivity contribution < 1.29 is 8.42 Å². The van der Waals surface area contributed by atoms with Gasteiger partial charge in [-0.3, -0.25) is 0 Å². The van der Waals surface area contributed by atoms with E-state index in [0.717, 1.165) is 19.3 Å². The van der Waals surface area contributed by atoms with Crippen molar-refractivity contribution in [2.75, 3.05) is 11.9 Å². The number of benzene rings is 1. The van der Waals surface area contributed by atoms with Gasteiger partial charge in [-0.25, -0.2) is 8.42 Å². The normalized spacial score (nSPS) is 22.5. The molecule has 1 unspecified atom stereocenters. The SMILES string of the molecule is O=S(=O)(c1ccccc1)N1CCCCC1CBr. The van der Waals surface area contributed by atoms with Crippen LogP contribution in [-0.4, -0.2) is 30.6 Å². The van der Waals surface area contributed by atoms with Gasteiger partial charge in [0.2, 0.25) is 10.0 Å². The third kappa shape index (κ3) is 2.72. The number of alkyl halides is 1. The third-order valence-corrected chi connectivity index (χ3v) is 5.81. The fourth-order valence-corrected chi connectivity index (χ4v) is 4.75. The summed E-state index contributed by atoms with van der Waals surface area (Å²) in [4.78, 5) is 0.396. The van der Waals surface area contributed by atoms with Crippen LogP contribution in [0.5, 0.6) is 0 Å². The lowest BCUT2D eigenvalue weighted by Gasteiger charge is -2.33. The number of sulfonamides is 1. The number of hydrogen-bond acceptors (Lipinski definition) is 2. The molecule has 0 amide bonds. The van der Waals surface area contributed by atoms with Crippen molar-refractivity contribution >= 4 is 26.0 Å². The van der Waals surface area contributed by atoms with Gasteiger partial charge in [0, 0.05) is 17.9 Å². The molecule has 0 aromatic heterocycles. The lowest BCUT2D eigenvalue weighted by Crippen LogP contribution is -2.44. The summed E-state index contributed by atoms with van der Waals surface area (Å²) < 4.78 is 26.6. The average Bonchev–Trinajstić information content (AvgIpc) is 2.39. The maximum Gasteiger partial charge on any atom is 0.243 e. The number of halogens is 1. The van der Waals surface area contributed by atoms with Crippen LogP contribution >= 0.6 is 15.9 Å². The highest BCUT2D eigenvalue weighted by atomic mass is 79.9. The van der Waals surface area contributed by atoms with Gasteiger partial charge < -0.3 is 0 Å². The van der Waals surface area contributed by atoms with E-state index >= 15 is 0 Å². The van der Waals surface area contributed by atoms with Crippen LogP contribution in [0.3, 0.4) is 0 Å². The van der Waals surface area contributed by atoms with Gasteiger partial charge in [0.05, 0.1) is 4.90 Å². The highest BCUT2D eigenvalue weighted by Gasteiger charge is 2.32. The molecule has 1 fully saturated rings. The Kier molecular flexibility index (Phi) is 4.22. The first-order valence-electron chi connectivity index (χ1n) is 5.79. The molecule has 1 atom stereocenters. The van der Waals surface area contributed by atoms with E-state index in [1.165, 1.54) is 0 Å². The zero-order chi connectivity index (χ0) is 12.3. The minimum atomic E-state index is -3.32. The zero-order valence-corrected chi connectivity index (χ0v) is 12.0. The zero-order valence-electron chi connectivity index (χ0n) is 9.55. The first kappa shape index (κ1) is 13.1. The Balaban J connectivity index is 2.31. The van der Waals surface area contributed by atoms with Gasteiger partial charge in [-0.15, -0.1) is 0 Å². The molecule has 0 radical (unpaired) electrons. The summed E-state index contributed by atoms with van der Waals surface area (Å²) in [5.41, 5.74) is 0. The Labute approximate surface area is 111 Å². The molecule has 3 nitrogen and oxygen atoms in total. The molecule has 5 heteroatoms. The summed E-state index contributed by atoms with van der Waals surface area (Å²) in [6, 6.07) is 8.77. The topological polar surface area (TPSA) is 37.4 Å². The van der Waals surface area contributed by atoms with Crippen LogP contribution in [0.1, 0.15) is 19.3 Å². The summed E-state index contributed by atoms with van der Waals surface area (Å²) in [6.45, 7) is 0.632. The van der Waals surface area contributed by atoms with Gasteiger partial charge in [0.1, 0.15) is 0 Å². The molecule has 1 heterocycles. The van der Waals surface area contributed by atoms with Gasteiger partial charge >= 0.3 is 0 Å². The van der Waals surface area contributed by atoms with Crippen LogP contribution in [0.2, 0.25) is 0 Å². The van der Waals surface area contributed by atoms with Crippen molar-refractivity contribution in [1.82, 2.24) is 4.31 Å². The summed E-state index contributed by atoms with van der Waals surface area (Å²) in [7, 11) is -3.32. The monoisotopic (exact) mass is 317 g/mol. The molecule has 94 valence electrons. The lowest BCUT2D eigenvalue weighted by atomic mass is 10.1. The number of rotatable bonds is 3. The van der Waals surface area contributed by atoms with E-state index < -0.39 is 10.0 Å². The van der Waals surface area contributed by atoms with E-state index in [9.17, 15) is 8.42 Å². The second-order valence-corrected chi connectivity index (χ2v) is 6.77. The van der Waals surface area contributed by atoms with Crippen LogP contribution in [0, 0.1) is 0 Å². The van der Waals surface area contributed by atoms with Crippen molar-refractivity contribution in [2.24, 2.45) is 0 Å². The molecule has 2 rings (SSSR count).